The molecule has 1 atom stereocenters. The van der Waals surface area contributed by atoms with Gasteiger partial charge < -0.3 is 14.8 Å². The molecule has 2 rings (SSSR count). The molecular weight excluding hydrogens is 416 g/mol. The molecule has 0 aliphatic heterocycles. The van der Waals surface area contributed by atoms with Crippen molar-refractivity contribution >= 4 is 38.9 Å². The van der Waals surface area contributed by atoms with E-state index in [0.717, 1.165) is 10.6 Å². The molecule has 0 heterocycles. The third-order valence-corrected chi connectivity index (χ3v) is 5.51. The van der Waals surface area contributed by atoms with Gasteiger partial charge in [0.15, 0.2) is 0 Å². The first-order valence-corrected chi connectivity index (χ1v) is 10.9. The van der Waals surface area contributed by atoms with Crippen molar-refractivity contribution in [2.45, 2.75) is 13.0 Å². The SMILES string of the molecule is C=CCOc1ccc(NC(=O)[C@@H](C)N(c2ccc(OC)c(Cl)c2)S(C)(=O)=O)cc1. The van der Waals surface area contributed by atoms with E-state index in [1.54, 1.807) is 36.4 Å². The van der Waals surface area contributed by atoms with Gasteiger partial charge in [-0.2, -0.15) is 0 Å². The lowest BCUT2D eigenvalue weighted by molar-refractivity contribution is -0.116. The molecule has 0 aliphatic carbocycles. The summed E-state index contributed by atoms with van der Waals surface area (Å²) in [7, 11) is -2.31. The Morgan fingerprint density at radius 2 is 1.93 bits per heavy atom. The molecule has 1 N–H and O–H groups in total. The van der Waals surface area contributed by atoms with Crippen molar-refractivity contribution < 1.29 is 22.7 Å². The van der Waals surface area contributed by atoms with Crippen LogP contribution >= 0.6 is 11.6 Å². The molecule has 0 aliphatic rings. The topological polar surface area (TPSA) is 84.9 Å². The molecule has 2 aromatic carbocycles. The normalized spacial score (nSPS) is 12.0. The van der Waals surface area contributed by atoms with Crippen LogP contribution in [-0.4, -0.2) is 40.3 Å². The van der Waals surface area contributed by atoms with Crippen molar-refractivity contribution in [3.63, 3.8) is 0 Å². The number of hydrogen-bond acceptors (Lipinski definition) is 5. The lowest BCUT2D eigenvalue weighted by atomic mass is 10.2. The molecule has 156 valence electrons. The van der Waals surface area contributed by atoms with Crippen molar-refractivity contribution in [1.82, 2.24) is 0 Å². The summed E-state index contributed by atoms with van der Waals surface area (Å²) < 4.78 is 36.3. The fourth-order valence-corrected chi connectivity index (χ4v) is 4.06. The maximum atomic E-state index is 12.7. The number of amides is 1. The molecule has 0 spiro atoms. The van der Waals surface area contributed by atoms with Gasteiger partial charge in [-0.15, -0.1) is 0 Å². The average molecular weight is 439 g/mol. The fraction of sp³-hybridized carbons (Fsp3) is 0.250. The summed E-state index contributed by atoms with van der Waals surface area (Å²) in [6, 6.07) is 10.2. The van der Waals surface area contributed by atoms with Crippen LogP contribution in [0.1, 0.15) is 6.92 Å². The van der Waals surface area contributed by atoms with E-state index in [0.29, 0.717) is 23.8 Å². The number of methoxy groups -OCH3 is 1. The summed E-state index contributed by atoms with van der Waals surface area (Å²) in [5, 5.41) is 2.94. The summed E-state index contributed by atoms with van der Waals surface area (Å²) >= 11 is 6.12. The Kier molecular flexibility index (Phi) is 7.53. The van der Waals surface area contributed by atoms with Crippen LogP contribution in [0, 0.1) is 0 Å². The van der Waals surface area contributed by atoms with Crippen LogP contribution in [0.25, 0.3) is 0 Å². The van der Waals surface area contributed by atoms with E-state index in [-0.39, 0.29) is 10.7 Å². The van der Waals surface area contributed by atoms with Crippen LogP contribution < -0.4 is 19.1 Å². The van der Waals surface area contributed by atoms with Gasteiger partial charge >= 0.3 is 0 Å². The molecule has 0 saturated heterocycles. The Morgan fingerprint density at radius 3 is 2.45 bits per heavy atom. The predicted octanol–water partition coefficient (Wildman–Crippen LogP) is 3.71. The Hall–Kier alpha value is -2.71. The van der Waals surface area contributed by atoms with Crippen molar-refractivity contribution in [3.8, 4) is 11.5 Å². The highest BCUT2D eigenvalue weighted by atomic mass is 35.5. The molecule has 1 amide bonds. The number of ether oxygens (including phenoxy) is 2. The fourth-order valence-electron chi connectivity index (χ4n) is 2.64. The van der Waals surface area contributed by atoms with Crippen molar-refractivity contribution in [1.29, 1.82) is 0 Å². The Balaban J connectivity index is 2.23. The van der Waals surface area contributed by atoms with Crippen LogP contribution in [0.2, 0.25) is 5.02 Å². The van der Waals surface area contributed by atoms with E-state index in [4.69, 9.17) is 21.1 Å². The number of benzene rings is 2. The highest BCUT2D eigenvalue weighted by molar-refractivity contribution is 7.92. The van der Waals surface area contributed by atoms with Gasteiger partial charge in [-0.05, 0) is 49.4 Å². The van der Waals surface area contributed by atoms with E-state index >= 15 is 0 Å². The van der Waals surface area contributed by atoms with E-state index in [2.05, 4.69) is 11.9 Å². The zero-order valence-electron chi connectivity index (χ0n) is 16.4. The van der Waals surface area contributed by atoms with Crippen LogP contribution in [0.3, 0.4) is 0 Å². The van der Waals surface area contributed by atoms with Gasteiger partial charge in [0.05, 0.1) is 24.1 Å². The minimum Gasteiger partial charge on any atom is -0.495 e. The predicted molar refractivity (Wildman–Crippen MR) is 116 cm³/mol. The molecule has 7 nitrogen and oxygen atoms in total. The number of carbonyl (C=O) groups excluding carboxylic acids is 1. The zero-order chi connectivity index (χ0) is 21.6. The van der Waals surface area contributed by atoms with Gasteiger partial charge in [0, 0.05) is 5.69 Å². The van der Waals surface area contributed by atoms with Gasteiger partial charge in [0.25, 0.3) is 0 Å². The van der Waals surface area contributed by atoms with Gasteiger partial charge in [-0.25, -0.2) is 8.42 Å². The van der Waals surface area contributed by atoms with E-state index in [1.165, 1.54) is 26.2 Å². The summed E-state index contributed by atoms with van der Waals surface area (Å²) in [6.07, 6.45) is 2.66. The number of hydrogen-bond donors (Lipinski definition) is 1. The molecule has 0 bridgehead atoms. The standard InChI is InChI=1S/C20H23ClN2O5S/c1-5-12-28-17-9-6-15(7-10-17)22-20(24)14(2)23(29(4,25)26)16-8-11-19(27-3)18(21)13-16/h5-11,13-14H,1,12H2,2-4H3,(H,22,24)/t14-/m1/s1. The summed E-state index contributed by atoms with van der Waals surface area (Å²) in [4.78, 5) is 12.7. The largest absolute Gasteiger partial charge is 0.495 e. The van der Waals surface area contributed by atoms with Crippen molar-refractivity contribution in [2.75, 3.05) is 29.6 Å². The second-order valence-electron chi connectivity index (χ2n) is 6.17. The number of anilines is 2. The van der Waals surface area contributed by atoms with Gasteiger partial charge in [-0.3, -0.25) is 9.10 Å². The second-order valence-corrected chi connectivity index (χ2v) is 8.43. The van der Waals surface area contributed by atoms with Crippen LogP contribution in [0.5, 0.6) is 11.5 Å². The third kappa shape index (κ3) is 5.88. The monoisotopic (exact) mass is 438 g/mol. The lowest BCUT2D eigenvalue weighted by Gasteiger charge is -2.28. The van der Waals surface area contributed by atoms with E-state index in [9.17, 15) is 13.2 Å². The Labute approximate surface area is 175 Å². The number of nitrogens with one attached hydrogen (secondary N) is 1. The van der Waals surface area contributed by atoms with Crippen molar-refractivity contribution in [2.24, 2.45) is 0 Å². The number of halogens is 1. The minimum atomic E-state index is -3.76. The summed E-state index contributed by atoms with van der Waals surface area (Å²) in [6.45, 7) is 5.44. The first-order valence-electron chi connectivity index (χ1n) is 8.65. The first kappa shape index (κ1) is 22.6. The molecule has 2 aromatic rings. The molecule has 0 unspecified atom stereocenters. The molecule has 0 radical (unpaired) electrons. The number of carbonyl (C=O) groups is 1. The molecule has 29 heavy (non-hydrogen) atoms. The first-order chi connectivity index (χ1) is 13.7. The molecular formula is C20H23ClN2O5S. The van der Waals surface area contributed by atoms with Gasteiger partial charge in [0.2, 0.25) is 15.9 Å². The smallest absolute Gasteiger partial charge is 0.247 e. The summed E-state index contributed by atoms with van der Waals surface area (Å²) in [5.74, 6) is 0.531. The average Bonchev–Trinajstić information content (AvgIpc) is 2.66. The van der Waals surface area contributed by atoms with Crippen molar-refractivity contribution in [3.05, 3.63) is 60.1 Å². The summed E-state index contributed by atoms with van der Waals surface area (Å²) in [5.41, 5.74) is 0.767. The van der Waals surface area contributed by atoms with Gasteiger partial charge in [-0.1, -0.05) is 24.3 Å². The lowest BCUT2D eigenvalue weighted by Crippen LogP contribution is -2.45. The Morgan fingerprint density at radius 1 is 1.28 bits per heavy atom. The van der Waals surface area contributed by atoms with E-state index in [1.807, 2.05) is 0 Å². The minimum absolute atomic E-state index is 0.237. The van der Waals surface area contributed by atoms with Gasteiger partial charge in [0.1, 0.15) is 24.1 Å². The number of nitrogens with zero attached hydrogens (tertiary/aromatic N) is 1. The maximum absolute atomic E-state index is 12.7. The highest BCUT2D eigenvalue weighted by Crippen LogP contribution is 2.31. The van der Waals surface area contributed by atoms with Crippen LogP contribution in [0.15, 0.2) is 55.1 Å². The van der Waals surface area contributed by atoms with E-state index < -0.39 is 22.0 Å². The molecule has 9 heteroatoms. The highest BCUT2D eigenvalue weighted by Gasteiger charge is 2.29. The number of sulfonamides is 1. The third-order valence-electron chi connectivity index (χ3n) is 3.97. The van der Waals surface area contributed by atoms with Crippen LogP contribution in [0.4, 0.5) is 11.4 Å². The Bertz CT molecular complexity index is 977. The zero-order valence-corrected chi connectivity index (χ0v) is 18.0. The number of rotatable bonds is 9. The quantitative estimate of drug-likeness (QED) is 0.603. The van der Waals surface area contributed by atoms with Crippen LogP contribution in [-0.2, 0) is 14.8 Å². The molecule has 0 fully saturated rings. The maximum Gasteiger partial charge on any atom is 0.247 e. The molecule has 0 aromatic heterocycles. The second kappa shape index (κ2) is 9.67. The molecule has 0 saturated carbocycles.